The van der Waals surface area contributed by atoms with Crippen molar-refractivity contribution in [3.63, 3.8) is 0 Å². The fourth-order valence-electron chi connectivity index (χ4n) is 1.22. The molecule has 1 rings (SSSR count). The highest BCUT2D eigenvalue weighted by Gasteiger charge is 2.09. The molecule has 0 fully saturated rings. The SMILES string of the molecule is C=CC(=O)NC(CO)Cc1ccncc1. The number of carbonyl (C=O) groups is 1. The quantitative estimate of drug-likeness (QED) is 0.680. The predicted octanol–water partition coefficient (Wildman–Crippen LogP) is 0.287. The van der Waals surface area contributed by atoms with Crippen molar-refractivity contribution in [1.29, 1.82) is 0 Å². The minimum absolute atomic E-state index is 0.0953. The molecule has 1 unspecified atom stereocenters. The first-order valence-corrected chi connectivity index (χ1v) is 4.69. The molecule has 1 heterocycles. The van der Waals surface area contributed by atoms with Gasteiger partial charge in [-0.25, -0.2) is 0 Å². The standard InChI is InChI=1S/C11H14N2O2/c1-2-11(15)13-10(8-14)7-9-3-5-12-6-4-9/h2-6,10,14H,1,7-8H2,(H,13,15). The van der Waals surface area contributed by atoms with Gasteiger partial charge in [-0.15, -0.1) is 0 Å². The van der Waals surface area contributed by atoms with Crippen LogP contribution in [-0.2, 0) is 11.2 Å². The Labute approximate surface area is 88.7 Å². The first-order chi connectivity index (χ1) is 7.26. The Morgan fingerprint density at radius 3 is 2.80 bits per heavy atom. The number of hydrogen-bond donors (Lipinski definition) is 2. The molecule has 1 aromatic rings. The summed E-state index contributed by atoms with van der Waals surface area (Å²) in [4.78, 5) is 14.9. The smallest absolute Gasteiger partial charge is 0.243 e. The molecule has 1 aromatic heterocycles. The van der Waals surface area contributed by atoms with Gasteiger partial charge in [0.2, 0.25) is 5.91 Å². The van der Waals surface area contributed by atoms with Crippen LogP contribution in [-0.4, -0.2) is 28.6 Å². The van der Waals surface area contributed by atoms with Gasteiger partial charge in [-0.3, -0.25) is 9.78 Å². The Balaban J connectivity index is 2.54. The Morgan fingerprint density at radius 1 is 1.60 bits per heavy atom. The van der Waals surface area contributed by atoms with Crippen molar-refractivity contribution >= 4 is 5.91 Å². The zero-order chi connectivity index (χ0) is 11.1. The number of amides is 1. The summed E-state index contributed by atoms with van der Waals surface area (Å²) < 4.78 is 0. The van der Waals surface area contributed by atoms with Crippen LogP contribution in [0.1, 0.15) is 5.56 Å². The number of hydrogen-bond acceptors (Lipinski definition) is 3. The lowest BCUT2D eigenvalue weighted by atomic mass is 10.1. The Morgan fingerprint density at radius 2 is 2.27 bits per heavy atom. The Hall–Kier alpha value is -1.68. The third-order valence-corrected chi connectivity index (χ3v) is 1.98. The van der Waals surface area contributed by atoms with E-state index < -0.39 is 0 Å². The third-order valence-electron chi connectivity index (χ3n) is 1.98. The van der Waals surface area contributed by atoms with E-state index in [-0.39, 0.29) is 18.6 Å². The number of aliphatic hydroxyl groups excluding tert-OH is 1. The normalized spacial score (nSPS) is 11.8. The molecule has 4 nitrogen and oxygen atoms in total. The van der Waals surface area contributed by atoms with Gasteiger partial charge in [0.1, 0.15) is 0 Å². The van der Waals surface area contributed by atoms with E-state index in [1.54, 1.807) is 12.4 Å². The molecule has 0 radical (unpaired) electrons. The minimum Gasteiger partial charge on any atom is -0.394 e. The Kier molecular flexibility index (Phi) is 4.50. The van der Waals surface area contributed by atoms with Gasteiger partial charge in [0.15, 0.2) is 0 Å². The van der Waals surface area contributed by atoms with Gasteiger partial charge in [0.05, 0.1) is 12.6 Å². The highest BCUT2D eigenvalue weighted by molar-refractivity contribution is 5.87. The third kappa shape index (κ3) is 3.91. The number of pyridine rings is 1. The summed E-state index contributed by atoms with van der Waals surface area (Å²) in [6.07, 6.45) is 5.13. The molecule has 2 N–H and O–H groups in total. The lowest BCUT2D eigenvalue weighted by Gasteiger charge is -2.14. The molecule has 1 amide bonds. The van der Waals surface area contributed by atoms with Crippen LogP contribution in [0.4, 0.5) is 0 Å². The van der Waals surface area contributed by atoms with Crippen LogP contribution in [0.2, 0.25) is 0 Å². The lowest BCUT2D eigenvalue weighted by Crippen LogP contribution is -2.38. The van der Waals surface area contributed by atoms with E-state index >= 15 is 0 Å². The van der Waals surface area contributed by atoms with Crippen LogP contribution in [0.5, 0.6) is 0 Å². The van der Waals surface area contributed by atoms with Gasteiger partial charge in [-0.1, -0.05) is 6.58 Å². The van der Waals surface area contributed by atoms with Crippen molar-refractivity contribution in [2.75, 3.05) is 6.61 Å². The van der Waals surface area contributed by atoms with E-state index in [0.29, 0.717) is 6.42 Å². The fraction of sp³-hybridized carbons (Fsp3) is 0.273. The first kappa shape index (κ1) is 11.4. The summed E-state index contributed by atoms with van der Waals surface area (Å²) in [6, 6.07) is 3.42. The van der Waals surface area contributed by atoms with E-state index in [9.17, 15) is 4.79 Å². The van der Waals surface area contributed by atoms with Crippen LogP contribution in [0.3, 0.4) is 0 Å². The molecular formula is C11H14N2O2. The van der Waals surface area contributed by atoms with Crippen LogP contribution >= 0.6 is 0 Å². The number of aromatic nitrogens is 1. The molecule has 4 heteroatoms. The van der Waals surface area contributed by atoms with Gasteiger partial charge in [0.25, 0.3) is 0 Å². The van der Waals surface area contributed by atoms with E-state index in [1.165, 1.54) is 6.08 Å². The molecule has 0 aliphatic carbocycles. The van der Waals surface area contributed by atoms with Gasteiger partial charge in [0, 0.05) is 12.4 Å². The summed E-state index contributed by atoms with van der Waals surface area (Å²) in [5.74, 6) is -0.275. The van der Waals surface area contributed by atoms with Crippen LogP contribution < -0.4 is 5.32 Å². The fourth-order valence-corrected chi connectivity index (χ4v) is 1.22. The molecular weight excluding hydrogens is 192 g/mol. The molecule has 0 spiro atoms. The number of aliphatic hydroxyl groups is 1. The van der Waals surface area contributed by atoms with Crippen LogP contribution in [0, 0.1) is 0 Å². The van der Waals surface area contributed by atoms with Crippen molar-refractivity contribution in [3.8, 4) is 0 Å². The van der Waals surface area contributed by atoms with E-state index in [0.717, 1.165) is 5.56 Å². The van der Waals surface area contributed by atoms with Crippen molar-refractivity contribution in [3.05, 3.63) is 42.7 Å². The maximum absolute atomic E-state index is 11.0. The zero-order valence-corrected chi connectivity index (χ0v) is 8.39. The second-order valence-electron chi connectivity index (χ2n) is 3.15. The van der Waals surface area contributed by atoms with Crippen LogP contribution in [0.15, 0.2) is 37.2 Å². The molecule has 0 saturated carbocycles. The van der Waals surface area contributed by atoms with E-state index in [4.69, 9.17) is 5.11 Å². The van der Waals surface area contributed by atoms with Gasteiger partial charge in [-0.05, 0) is 30.2 Å². The molecule has 1 atom stereocenters. The van der Waals surface area contributed by atoms with Crippen molar-refractivity contribution < 1.29 is 9.90 Å². The highest BCUT2D eigenvalue weighted by atomic mass is 16.3. The largest absolute Gasteiger partial charge is 0.394 e. The van der Waals surface area contributed by atoms with Crippen molar-refractivity contribution in [2.24, 2.45) is 0 Å². The van der Waals surface area contributed by atoms with Crippen molar-refractivity contribution in [1.82, 2.24) is 10.3 Å². The topological polar surface area (TPSA) is 62.2 Å². The molecule has 0 saturated heterocycles. The monoisotopic (exact) mass is 206 g/mol. The average Bonchev–Trinajstić information content (AvgIpc) is 2.29. The summed E-state index contributed by atoms with van der Waals surface area (Å²) in [6.45, 7) is 3.26. The van der Waals surface area contributed by atoms with Gasteiger partial charge < -0.3 is 10.4 Å². The van der Waals surface area contributed by atoms with E-state index in [1.807, 2.05) is 12.1 Å². The summed E-state index contributed by atoms with van der Waals surface area (Å²) in [7, 11) is 0. The number of carbonyl (C=O) groups excluding carboxylic acids is 1. The number of rotatable bonds is 5. The second kappa shape index (κ2) is 5.93. The molecule has 80 valence electrons. The van der Waals surface area contributed by atoms with E-state index in [2.05, 4.69) is 16.9 Å². The number of nitrogens with zero attached hydrogens (tertiary/aromatic N) is 1. The maximum atomic E-state index is 11.0. The molecule has 0 aromatic carbocycles. The summed E-state index contributed by atoms with van der Waals surface area (Å²) in [5.41, 5.74) is 1.02. The van der Waals surface area contributed by atoms with Gasteiger partial charge in [-0.2, -0.15) is 0 Å². The number of nitrogens with one attached hydrogen (secondary N) is 1. The molecule has 15 heavy (non-hydrogen) atoms. The molecule has 0 bridgehead atoms. The summed E-state index contributed by atoms with van der Waals surface area (Å²) >= 11 is 0. The first-order valence-electron chi connectivity index (χ1n) is 4.69. The average molecular weight is 206 g/mol. The zero-order valence-electron chi connectivity index (χ0n) is 8.39. The second-order valence-corrected chi connectivity index (χ2v) is 3.15. The lowest BCUT2D eigenvalue weighted by molar-refractivity contribution is -0.117. The van der Waals surface area contributed by atoms with Gasteiger partial charge >= 0.3 is 0 Å². The summed E-state index contributed by atoms with van der Waals surface area (Å²) in [5, 5.41) is 11.7. The van der Waals surface area contributed by atoms with Crippen LogP contribution in [0.25, 0.3) is 0 Å². The predicted molar refractivity (Wildman–Crippen MR) is 57.2 cm³/mol. The minimum atomic E-state index is -0.280. The Bertz CT molecular complexity index is 325. The van der Waals surface area contributed by atoms with Crippen molar-refractivity contribution in [2.45, 2.75) is 12.5 Å². The molecule has 0 aliphatic rings. The molecule has 0 aliphatic heterocycles. The maximum Gasteiger partial charge on any atom is 0.243 e. The highest BCUT2D eigenvalue weighted by Crippen LogP contribution is 2.01.